The van der Waals surface area contributed by atoms with Gasteiger partial charge in [-0.05, 0) is 18.9 Å². The van der Waals surface area contributed by atoms with E-state index in [1.165, 1.54) is 4.31 Å². The lowest BCUT2D eigenvalue weighted by atomic mass is 9.96. The van der Waals surface area contributed by atoms with Gasteiger partial charge in [-0.25, -0.2) is 0 Å². The molecule has 5 nitrogen and oxygen atoms in total. The van der Waals surface area contributed by atoms with Crippen molar-refractivity contribution in [1.29, 1.82) is 0 Å². The number of hydrogen-bond donors (Lipinski definition) is 2. The molecule has 96 valence electrons. The van der Waals surface area contributed by atoms with Gasteiger partial charge in [-0.3, -0.25) is 0 Å². The van der Waals surface area contributed by atoms with Gasteiger partial charge in [0.25, 0.3) is 10.2 Å². The van der Waals surface area contributed by atoms with Crippen LogP contribution in [0.15, 0.2) is 0 Å². The van der Waals surface area contributed by atoms with Crippen LogP contribution in [0.1, 0.15) is 27.2 Å². The van der Waals surface area contributed by atoms with E-state index in [-0.39, 0.29) is 6.04 Å². The summed E-state index contributed by atoms with van der Waals surface area (Å²) >= 11 is 0. The van der Waals surface area contributed by atoms with E-state index in [0.717, 1.165) is 19.5 Å². The van der Waals surface area contributed by atoms with E-state index in [1.54, 1.807) is 0 Å². The van der Waals surface area contributed by atoms with Crippen LogP contribution in [0.2, 0.25) is 0 Å². The molecule has 1 aliphatic rings. The molecule has 0 spiro atoms. The van der Waals surface area contributed by atoms with Gasteiger partial charge in [-0.1, -0.05) is 20.8 Å². The summed E-state index contributed by atoms with van der Waals surface area (Å²) in [5.41, 5.74) is 0. The van der Waals surface area contributed by atoms with Crippen LogP contribution < -0.4 is 10.0 Å². The second-order valence-corrected chi connectivity index (χ2v) is 5.99. The zero-order valence-corrected chi connectivity index (χ0v) is 11.2. The molecule has 1 rings (SSSR count). The van der Waals surface area contributed by atoms with Gasteiger partial charge in [0.2, 0.25) is 0 Å². The average molecular weight is 249 g/mol. The highest BCUT2D eigenvalue weighted by atomic mass is 32.2. The van der Waals surface area contributed by atoms with Gasteiger partial charge in [0.05, 0.1) is 0 Å². The molecule has 0 radical (unpaired) electrons. The zero-order valence-electron chi connectivity index (χ0n) is 10.4. The smallest absolute Gasteiger partial charge is 0.279 e. The Labute approximate surface area is 98.8 Å². The molecule has 0 aromatic carbocycles. The summed E-state index contributed by atoms with van der Waals surface area (Å²) in [4.78, 5) is 0. The molecule has 0 aromatic rings. The van der Waals surface area contributed by atoms with Crippen LogP contribution in [0.25, 0.3) is 0 Å². The van der Waals surface area contributed by atoms with Gasteiger partial charge < -0.3 is 5.32 Å². The monoisotopic (exact) mass is 249 g/mol. The van der Waals surface area contributed by atoms with Crippen LogP contribution in [-0.4, -0.2) is 44.9 Å². The van der Waals surface area contributed by atoms with E-state index >= 15 is 0 Å². The van der Waals surface area contributed by atoms with E-state index in [0.29, 0.717) is 19.0 Å². The van der Waals surface area contributed by atoms with Crippen LogP contribution in [-0.2, 0) is 10.2 Å². The van der Waals surface area contributed by atoms with Gasteiger partial charge in [0.15, 0.2) is 0 Å². The number of nitrogens with one attached hydrogen (secondary N) is 2. The molecule has 0 aliphatic carbocycles. The largest absolute Gasteiger partial charge is 0.315 e. The Bertz CT molecular complexity index is 301. The van der Waals surface area contributed by atoms with Crippen LogP contribution in [0, 0.1) is 5.92 Å². The van der Waals surface area contributed by atoms with E-state index < -0.39 is 10.2 Å². The molecule has 0 saturated carbocycles. The van der Waals surface area contributed by atoms with Crippen molar-refractivity contribution in [2.24, 2.45) is 5.92 Å². The maximum absolute atomic E-state index is 12.0. The standard InChI is InChI=1S/C10H23N3O2S/c1-4-13(5-2)16(14,15)12-10-8-11-7-6-9(10)3/h9-12H,4-8H2,1-3H3. The summed E-state index contributed by atoms with van der Waals surface area (Å²) in [7, 11) is -3.31. The average Bonchev–Trinajstić information content (AvgIpc) is 2.22. The van der Waals surface area contributed by atoms with Crippen molar-refractivity contribution in [2.45, 2.75) is 33.2 Å². The highest BCUT2D eigenvalue weighted by Gasteiger charge is 2.28. The Balaban J connectivity index is 2.63. The minimum Gasteiger partial charge on any atom is -0.315 e. The minimum absolute atomic E-state index is 0.0133. The Morgan fingerprint density at radius 2 is 2.00 bits per heavy atom. The normalized spacial score (nSPS) is 27.2. The Kier molecular flexibility index (Phi) is 5.17. The molecule has 6 heteroatoms. The Morgan fingerprint density at radius 3 is 2.50 bits per heavy atom. The van der Waals surface area contributed by atoms with Crippen molar-refractivity contribution in [3.63, 3.8) is 0 Å². The fourth-order valence-electron chi connectivity index (χ4n) is 1.98. The van der Waals surface area contributed by atoms with Crippen molar-refractivity contribution in [3.05, 3.63) is 0 Å². The van der Waals surface area contributed by atoms with Crippen molar-refractivity contribution in [2.75, 3.05) is 26.2 Å². The van der Waals surface area contributed by atoms with Crippen LogP contribution in [0.5, 0.6) is 0 Å². The predicted octanol–water partition coefficient (Wildman–Crippen LogP) is 0.161. The quantitative estimate of drug-likeness (QED) is 0.730. The highest BCUT2D eigenvalue weighted by Crippen LogP contribution is 2.13. The Morgan fingerprint density at radius 1 is 1.38 bits per heavy atom. The molecule has 2 N–H and O–H groups in total. The lowest BCUT2D eigenvalue weighted by Crippen LogP contribution is -2.53. The molecule has 16 heavy (non-hydrogen) atoms. The zero-order chi connectivity index (χ0) is 12.2. The minimum atomic E-state index is -3.31. The SMILES string of the molecule is CCN(CC)S(=O)(=O)NC1CNCCC1C. The molecule has 0 bridgehead atoms. The lowest BCUT2D eigenvalue weighted by molar-refractivity contribution is 0.318. The van der Waals surface area contributed by atoms with E-state index in [1.807, 2.05) is 13.8 Å². The van der Waals surface area contributed by atoms with E-state index in [4.69, 9.17) is 0 Å². The third-order valence-corrected chi connectivity index (χ3v) is 4.97. The van der Waals surface area contributed by atoms with Crippen molar-refractivity contribution in [1.82, 2.24) is 14.3 Å². The number of piperidine rings is 1. The summed E-state index contributed by atoms with van der Waals surface area (Å²) in [6.07, 6.45) is 1.02. The van der Waals surface area contributed by atoms with Gasteiger partial charge >= 0.3 is 0 Å². The summed E-state index contributed by atoms with van der Waals surface area (Å²) < 4.78 is 28.2. The molecule has 1 saturated heterocycles. The first kappa shape index (κ1) is 13.9. The van der Waals surface area contributed by atoms with Gasteiger partial charge in [-0.2, -0.15) is 17.4 Å². The van der Waals surface area contributed by atoms with Gasteiger partial charge in [0, 0.05) is 25.7 Å². The predicted molar refractivity (Wildman–Crippen MR) is 65.4 cm³/mol. The van der Waals surface area contributed by atoms with Crippen LogP contribution in [0.4, 0.5) is 0 Å². The molecule has 2 atom stereocenters. The first-order valence-corrected chi connectivity index (χ1v) is 7.43. The first-order chi connectivity index (χ1) is 7.51. The summed E-state index contributed by atoms with van der Waals surface area (Å²) in [6.45, 7) is 8.53. The van der Waals surface area contributed by atoms with Crippen LogP contribution in [0.3, 0.4) is 0 Å². The van der Waals surface area contributed by atoms with Crippen molar-refractivity contribution in [3.8, 4) is 0 Å². The Hall–Kier alpha value is -0.170. The van der Waals surface area contributed by atoms with Gasteiger partial charge in [0.1, 0.15) is 0 Å². The first-order valence-electron chi connectivity index (χ1n) is 5.99. The van der Waals surface area contributed by atoms with Crippen LogP contribution >= 0.6 is 0 Å². The molecule has 0 amide bonds. The van der Waals surface area contributed by atoms with Gasteiger partial charge in [-0.15, -0.1) is 0 Å². The third-order valence-electron chi connectivity index (χ3n) is 3.17. The van der Waals surface area contributed by atoms with Crippen molar-refractivity contribution >= 4 is 10.2 Å². The number of nitrogens with zero attached hydrogens (tertiary/aromatic N) is 1. The number of hydrogen-bond acceptors (Lipinski definition) is 3. The molecule has 2 unspecified atom stereocenters. The second-order valence-electron chi connectivity index (χ2n) is 4.28. The summed E-state index contributed by atoms with van der Waals surface area (Å²) in [6, 6.07) is 0.0133. The fourth-order valence-corrected chi connectivity index (χ4v) is 3.50. The number of rotatable bonds is 5. The maximum Gasteiger partial charge on any atom is 0.279 e. The summed E-state index contributed by atoms with van der Waals surface area (Å²) in [5, 5.41) is 3.22. The third kappa shape index (κ3) is 3.41. The van der Waals surface area contributed by atoms with E-state index in [2.05, 4.69) is 17.0 Å². The molecule has 1 aliphatic heterocycles. The molecule has 0 aromatic heterocycles. The lowest BCUT2D eigenvalue weighted by Gasteiger charge is -2.31. The fraction of sp³-hybridized carbons (Fsp3) is 1.00. The molecule has 1 heterocycles. The van der Waals surface area contributed by atoms with E-state index in [9.17, 15) is 8.42 Å². The van der Waals surface area contributed by atoms with Crippen molar-refractivity contribution < 1.29 is 8.42 Å². The summed E-state index contributed by atoms with van der Waals surface area (Å²) in [5.74, 6) is 0.395. The molecular formula is C10H23N3O2S. The topological polar surface area (TPSA) is 61.4 Å². The molecule has 1 fully saturated rings. The highest BCUT2D eigenvalue weighted by molar-refractivity contribution is 7.87. The second kappa shape index (κ2) is 5.95. The maximum atomic E-state index is 12.0. The molecular weight excluding hydrogens is 226 g/mol.